The molecular formula is C4H8GeO6. The van der Waals surface area contributed by atoms with Crippen LogP contribution in [0, 0.1) is 0 Å². The van der Waals surface area contributed by atoms with Gasteiger partial charge in [0.1, 0.15) is 0 Å². The zero-order valence-electron chi connectivity index (χ0n) is 5.65. The molecule has 0 aromatic rings. The van der Waals surface area contributed by atoms with Crippen LogP contribution in [0.1, 0.15) is 0 Å². The van der Waals surface area contributed by atoms with Crippen LogP contribution in [0.25, 0.3) is 0 Å². The molecule has 0 aromatic carbocycles. The van der Waals surface area contributed by atoms with Crippen molar-refractivity contribution in [3.05, 3.63) is 0 Å². The molecule has 0 radical (unpaired) electrons. The number of carboxylic acids is 2. The predicted octanol–water partition coefficient (Wildman–Crippen LogP) is -5.46. The zero-order valence-corrected chi connectivity index (χ0v) is 8.62. The number of rotatable bonds is 2. The van der Waals surface area contributed by atoms with Gasteiger partial charge in [0.05, 0.1) is 25.2 Å². The molecule has 0 amide bonds. The molecule has 0 saturated heterocycles. The van der Waals surface area contributed by atoms with Crippen molar-refractivity contribution in [2.24, 2.45) is 0 Å². The third kappa shape index (κ3) is 44.5. The van der Waals surface area contributed by atoms with Gasteiger partial charge in [0.25, 0.3) is 0 Å². The third-order valence-corrected chi connectivity index (χ3v) is 0.258. The van der Waals surface area contributed by atoms with Crippen molar-refractivity contribution in [2.75, 3.05) is 13.2 Å². The Labute approximate surface area is 73.4 Å². The molecule has 7 heteroatoms. The van der Waals surface area contributed by atoms with Gasteiger partial charge in [0, 0.05) is 0 Å². The second-order valence-corrected chi connectivity index (χ2v) is 1.06. The van der Waals surface area contributed by atoms with Gasteiger partial charge >= 0.3 is 17.6 Å². The van der Waals surface area contributed by atoms with Crippen LogP contribution in [-0.2, 0) is 9.59 Å². The van der Waals surface area contributed by atoms with Crippen LogP contribution in [0.2, 0.25) is 0 Å². The summed E-state index contributed by atoms with van der Waals surface area (Å²) in [4.78, 5) is 18.0. The van der Waals surface area contributed by atoms with Crippen molar-refractivity contribution in [3.63, 3.8) is 0 Å². The van der Waals surface area contributed by atoms with Gasteiger partial charge in [-0.2, -0.15) is 0 Å². The summed E-state index contributed by atoms with van der Waals surface area (Å²) in [6.45, 7) is -1.78. The summed E-state index contributed by atoms with van der Waals surface area (Å²) in [6, 6.07) is 0. The SMILES string of the molecule is O=C([O-])CO.O=C([O-])CO.[GeH2+2]. The molecule has 0 aliphatic rings. The van der Waals surface area contributed by atoms with E-state index in [1.165, 1.54) is 0 Å². The summed E-state index contributed by atoms with van der Waals surface area (Å²) in [5, 5.41) is 33.0. The summed E-state index contributed by atoms with van der Waals surface area (Å²) >= 11 is 0. The van der Waals surface area contributed by atoms with Crippen molar-refractivity contribution in [3.8, 4) is 0 Å². The first-order chi connectivity index (χ1) is 4.54. The van der Waals surface area contributed by atoms with Gasteiger partial charge in [-0.25, -0.2) is 0 Å². The van der Waals surface area contributed by atoms with Crippen molar-refractivity contribution in [1.82, 2.24) is 0 Å². The van der Waals surface area contributed by atoms with Gasteiger partial charge in [-0.15, -0.1) is 0 Å². The van der Waals surface area contributed by atoms with E-state index in [2.05, 4.69) is 0 Å². The van der Waals surface area contributed by atoms with E-state index < -0.39 is 25.2 Å². The average molecular weight is 225 g/mol. The van der Waals surface area contributed by atoms with Crippen LogP contribution in [-0.4, -0.2) is 53.0 Å². The molecule has 0 spiro atoms. The average Bonchev–Trinajstić information content (AvgIpc) is 1.89. The molecule has 0 fully saturated rings. The van der Waals surface area contributed by atoms with Gasteiger partial charge in [-0.05, 0) is 0 Å². The molecule has 0 atom stereocenters. The fraction of sp³-hybridized carbons (Fsp3) is 0.500. The third-order valence-electron chi connectivity index (χ3n) is 0.258. The van der Waals surface area contributed by atoms with Crippen LogP contribution >= 0.6 is 0 Å². The Hall–Kier alpha value is -0.597. The van der Waals surface area contributed by atoms with E-state index in [-0.39, 0.29) is 17.6 Å². The minimum absolute atomic E-state index is 0. The Morgan fingerprint density at radius 3 is 1.09 bits per heavy atom. The van der Waals surface area contributed by atoms with Crippen molar-refractivity contribution < 1.29 is 30.0 Å². The number of aliphatic carboxylic acids is 2. The topological polar surface area (TPSA) is 121 Å². The molecule has 0 rings (SSSR count). The van der Waals surface area contributed by atoms with E-state index in [0.717, 1.165) is 0 Å². The number of hydrogen-bond acceptors (Lipinski definition) is 6. The normalized spacial score (nSPS) is 6.73. The van der Waals surface area contributed by atoms with Crippen LogP contribution < -0.4 is 10.2 Å². The second kappa shape index (κ2) is 12.1. The Bertz CT molecular complexity index is 99.1. The molecule has 0 aliphatic carbocycles. The zero-order chi connectivity index (χ0) is 8.57. The second-order valence-electron chi connectivity index (χ2n) is 1.06. The van der Waals surface area contributed by atoms with Gasteiger partial charge in [-0.3, -0.25) is 0 Å². The maximum atomic E-state index is 9.01. The van der Waals surface area contributed by atoms with Gasteiger partial charge in [-0.1, -0.05) is 0 Å². The molecular weight excluding hydrogens is 217 g/mol. The molecule has 0 aromatic heterocycles. The van der Waals surface area contributed by atoms with E-state index in [1.54, 1.807) is 0 Å². The number of carbonyl (C=O) groups excluding carboxylic acids is 2. The number of hydrogen-bond donors (Lipinski definition) is 2. The Kier molecular flexibility index (Phi) is 18.5. The molecule has 0 heterocycles. The van der Waals surface area contributed by atoms with E-state index in [0.29, 0.717) is 0 Å². The first kappa shape index (κ1) is 16.8. The number of carboxylic acid groups (broad SMARTS) is 2. The molecule has 64 valence electrons. The van der Waals surface area contributed by atoms with Crippen LogP contribution in [0.5, 0.6) is 0 Å². The number of aliphatic hydroxyl groups excluding tert-OH is 2. The quantitative estimate of drug-likeness (QED) is 0.452. The van der Waals surface area contributed by atoms with Gasteiger partial charge in [0.2, 0.25) is 0 Å². The predicted molar refractivity (Wildman–Crippen MR) is 32.7 cm³/mol. The van der Waals surface area contributed by atoms with Gasteiger partial charge in [0.15, 0.2) is 0 Å². The fourth-order valence-corrected chi connectivity index (χ4v) is 0. The number of aliphatic hydroxyl groups is 2. The fourth-order valence-electron chi connectivity index (χ4n) is 0. The molecule has 0 saturated carbocycles. The van der Waals surface area contributed by atoms with E-state index >= 15 is 0 Å². The summed E-state index contributed by atoms with van der Waals surface area (Å²) in [5.41, 5.74) is 0. The van der Waals surface area contributed by atoms with Crippen LogP contribution in [0.3, 0.4) is 0 Å². The first-order valence-electron chi connectivity index (χ1n) is 2.16. The summed E-state index contributed by atoms with van der Waals surface area (Å²) in [6.07, 6.45) is 0. The molecule has 0 aliphatic heterocycles. The Morgan fingerprint density at radius 1 is 1.00 bits per heavy atom. The summed E-state index contributed by atoms with van der Waals surface area (Å²) in [5.74, 6) is -2.88. The van der Waals surface area contributed by atoms with Crippen molar-refractivity contribution >= 4 is 29.5 Å². The maximum absolute atomic E-state index is 9.01. The van der Waals surface area contributed by atoms with Crippen LogP contribution in [0.15, 0.2) is 0 Å². The first-order valence-corrected chi connectivity index (χ1v) is 2.16. The molecule has 0 bridgehead atoms. The van der Waals surface area contributed by atoms with Gasteiger partial charge < -0.3 is 30.0 Å². The minimum atomic E-state index is -1.44. The van der Waals surface area contributed by atoms with E-state index in [9.17, 15) is 0 Å². The molecule has 0 unspecified atom stereocenters. The summed E-state index contributed by atoms with van der Waals surface area (Å²) in [7, 11) is 0. The van der Waals surface area contributed by atoms with Crippen molar-refractivity contribution in [2.45, 2.75) is 0 Å². The Balaban J connectivity index is -0.000000107. The van der Waals surface area contributed by atoms with Crippen LogP contribution in [0.4, 0.5) is 0 Å². The number of carbonyl (C=O) groups is 2. The monoisotopic (exact) mass is 226 g/mol. The molecule has 6 nitrogen and oxygen atoms in total. The standard InChI is InChI=1S/2C2H4O3.GeH2/c2*3-1-2(4)5;/h2*3H,1H2,(H,4,5);1H2/q;;+2/p-2. The van der Waals surface area contributed by atoms with E-state index in [4.69, 9.17) is 30.0 Å². The molecule has 11 heavy (non-hydrogen) atoms. The van der Waals surface area contributed by atoms with Crippen molar-refractivity contribution in [1.29, 1.82) is 0 Å². The molecule has 2 N–H and O–H groups in total. The Morgan fingerprint density at radius 2 is 1.09 bits per heavy atom. The summed E-state index contributed by atoms with van der Waals surface area (Å²) < 4.78 is 0. The van der Waals surface area contributed by atoms with E-state index in [1.807, 2.05) is 0 Å².